The number of rotatable bonds is 6. The molecule has 2 fully saturated rings. The van der Waals surface area contributed by atoms with E-state index in [4.69, 9.17) is 4.74 Å². The Bertz CT molecular complexity index is 1050. The summed E-state index contributed by atoms with van der Waals surface area (Å²) in [7, 11) is 1.73. The predicted octanol–water partition coefficient (Wildman–Crippen LogP) is 4.85. The van der Waals surface area contributed by atoms with Gasteiger partial charge in [0.15, 0.2) is 0 Å². The van der Waals surface area contributed by atoms with E-state index in [1.807, 2.05) is 17.2 Å². The quantitative estimate of drug-likeness (QED) is 0.612. The third kappa shape index (κ3) is 3.72. The molecule has 2 aliphatic rings. The average Bonchev–Trinajstić information content (AvgIpc) is 3.45. The van der Waals surface area contributed by atoms with E-state index in [0.29, 0.717) is 11.8 Å². The maximum atomic E-state index is 13.0. The van der Waals surface area contributed by atoms with E-state index in [0.717, 1.165) is 37.4 Å². The lowest BCUT2D eigenvalue weighted by Crippen LogP contribution is -2.33. The van der Waals surface area contributed by atoms with Crippen LogP contribution in [0.4, 0.5) is 8.78 Å². The van der Waals surface area contributed by atoms with Gasteiger partial charge in [-0.3, -0.25) is 9.80 Å². The molecule has 3 heterocycles. The number of fused-ring (bicyclic) bond motifs is 2. The van der Waals surface area contributed by atoms with Crippen molar-refractivity contribution in [3.05, 3.63) is 65.4 Å². The normalized spacial score (nSPS) is 24.4. The van der Waals surface area contributed by atoms with Crippen LogP contribution in [0.25, 0.3) is 10.9 Å². The second kappa shape index (κ2) is 8.24. The third-order valence-corrected chi connectivity index (χ3v) is 7.07. The van der Waals surface area contributed by atoms with Crippen LogP contribution >= 0.6 is 0 Å². The molecular weight excluding hydrogens is 396 g/mol. The molecule has 3 atom stereocenters. The first kappa shape index (κ1) is 20.5. The molecule has 1 N–H and O–H groups in total. The molecule has 0 aliphatic carbocycles. The van der Waals surface area contributed by atoms with Crippen LogP contribution in [0.15, 0.2) is 48.7 Å². The number of methoxy groups -OCH3 is 1. The van der Waals surface area contributed by atoms with Gasteiger partial charge in [0.05, 0.1) is 13.7 Å². The molecule has 2 saturated heterocycles. The highest BCUT2D eigenvalue weighted by atomic mass is 19.3. The van der Waals surface area contributed by atoms with Gasteiger partial charge in [0, 0.05) is 54.9 Å². The van der Waals surface area contributed by atoms with Gasteiger partial charge in [0.1, 0.15) is 5.75 Å². The zero-order chi connectivity index (χ0) is 21.5. The van der Waals surface area contributed by atoms with E-state index in [1.165, 1.54) is 22.1 Å². The fourth-order valence-electron chi connectivity index (χ4n) is 5.82. The number of benzene rings is 2. The highest BCUT2D eigenvalue weighted by Gasteiger charge is 2.47. The van der Waals surface area contributed by atoms with Gasteiger partial charge in [0.25, 0.3) is 6.43 Å². The summed E-state index contributed by atoms with van der Waals surface area (Å²) in [5.41, 5.74) is 4.77. The zero-order valence-corrected chi connectivity index (χ0v) is 18.0. The van der Waals surface area contributed by atoms with Crippen LogP contribution in [-0.4, -0.2) is 54.5 Å². The Morgan fingerprint density at radius 3 is 2.68 bits per heavy atom. The number of aryl methyl sites for hydroxylation is 1. The van der Waals surface area contributed by atoms with Crippen LogP contribution in [0.2, 0.25) is 0 Å². The van der Waals surface area contributed by atoms with Gasteiger partial charge in [-0.15, -0.1) is 0 Å². The number of H-pyrrole nitrogens is 1. The first-order valence-corrected chi connectivity index (χ1v) is 11.0. The van der Waals surface area contributed by atoms with E-state index in [2.05, 4.69) is 53.2 Å². The van der Waals surface area contributed by atoms with Gasteiger partial charge in [-0.1, -0.05) is 30.3 Å². The SMILES string of the molecule is COc1cc(C)c2[nH]ccc2c1CN1CC2CN(CC(F)F)CC2C1c1ccccc1. The second-order valence-corrected chi connectivity index (χ2v) is 8.96. The maximum absolute atomic E-state index is 13.0. The highest BCUT2D eigenvalue weighted by molar-refractivity contribution is 5.88. The van der Waals surface area contributed by atoms with Crippen LogP contribution < -0.4 is 4.74 Å². The number of aromatic nitrogens is 1. The monoisotopic (exact) mass is 425 g/mol. The Morgan fingerprint density at radius 2 is 1.94 bits per heavy atom. The van der Waals surface area contributed by atoms with Crippen molar-refractivity contribution in [3.63, 3.8) is 0 Å². The van der Waals surface area contributed by atoms with E-state index >= 15 is 0 Å². The smallest absolute Gasteiger partial charge is 0.251 e. The second-order valence-electron chi connectivity index (χ2n) is 8.96. The lowest BCUT2D eigenvalue weighted by molar-refractivity contribution is 0.0893. The van der Waals surface area contributed by atoms with Crippen molar-refractivity contribution >= 4 is 10.9 Å². The van der Waals surface area contributed by atoms with Gasteiger partial charge >= 0.3 is 0 Å². The molecule has 31 heavy (non-hydrogen) atoms. The third-order valence-electron chi connectivity index (χ3n) is 7.07. The molecule has 0 amide bonds. The van der Waals surface area contributed by atoms with Gasteiger partial charge in [-0.05, 0) is 42.0 Å². The van der Waals surface area contributed by atoms with Gasteiger partial charge in [-0.2, -0.15) is 0 Å². The molecule has 5 rings (SSSR count). The lowest BCUT2D eigenvalue weighted by Gasteiger charge is -2.30. The first-order chi connectivity index (χ1) is 15.0. The molecule has 1 aromatic heterocycles. The molecule has 3 aromatic rings. The standard InChI is InChI=1S/C25H29F2N3O/c1-16-10-22(31-2)21(19-8-9-28-24(16)19)14-30-12-18-11-29(15-23(26)27)13-20(18)25(30)17-6-4-3-5-7-17/h3-10,18,20,23,25,28H,11-15H2,1-2H3. The number of halogens is 2. The van der Waals surface area contributed by atoms with E-state index in [1.54, 1.807) is 7.11 Å². The van der Waals surface area contributed by atoms with Crippen LogP contribution in [0, 0.1) is 18.8 Å². The van der Waals surface area contributed by atoms with E-state index in [-0.39, 0.29) is 12.6 Å². The summed E-state index contributed by atoms with van der Waals surface area (Å²) in [5, 5.41) is 1.19. The molecular formula is C25H29F2N3O. The molecule has 2 aliphatic heterocycles. The summed E-state index contributed by atoms with van der Waals surface area (Å²) in [6.07, 6.45) is -0.292. The number of ether oxygens (including phenoxy) is 1. The molecule has 3 unspecified atom stereocenters. The number of aromatic amines is 1. The number of nitrogens with zero attached hydrogens (tertiary/aromatic N) is 2. The molecule has 6 heteroatoms. The van der Waals surface area contributed by atoms with Crippen molar-refractivity contribution in [2.45, 2.75) is 25.9 Å². The minimum atomic E-state index is -2.27. The van der Waals surface area contributed by atoms with Crippen LogP contribution in [-0.2, 0) is 6.54 Å². The van der Waals surface area contributed by atoms with Gasteiger partial charge in [0.2, 0.25) is 0 Å². The van der Waals surface area contributed by atoms with Crippen molar-refractivity contribution in [1.29, 1.82) is 0 Å². The molecule has 0 bridgehead atoms. The predicted molar refractivity (Wildman–Crippen MR) is 119 cm³/mol. The van der Waals surface area contributed by atoms with Crippen molar-refractivity contribution < 1.29 is 13.5 Å². The van der Waals surface area contributed by atoms with Crippen molar-refractivity contribution in [2.24, 2.45) is 11.8 Å². The van der Waals surface area contributed by atoms with Gasteiger partial charge < -0.3 is 9.72 Å². The number of hydrogen-bond donors (Lipinski definition) is 1. The minimum Gasteiger partial charge on any atom is -0.496 e. The number of nitrogens with one attached hydrogen (secondary N) is 1. The number of likely N-dealkylation sites (tertiary alicyclic amines) is 2. The highest BCUT2D eigenvalue weighted by Crippen LogP contribution is 2.46. The maximum Gasteiger partial charge on any atom is 0.251 e. The molecule has 164 valence electrons. The molecule has 0 saturated carbocycles. The Kier molecular flexibility index (Phi) is 5.44. The first-order valence-electron chi connectivity index (χ1n) is 11.0. The van der Waals surface area contributed by atoms with Crippen LogP contribution in [0.3, 0.4) is 0 Å². The van der Waals surface area contributed by atoms with Crippen LogP contribution in [0.1, 0.15) is 22.7 Å². The van der Waals surface area contributed by atoms with Crippen molar-refractivity contribution in [1.82, 2.24) is 14.8 Å². The molecule has 2 aromatic carbocycles. The molecule has 0 spiro atoms. The Balaban J connectivity index is 1.49. The summed E-state index contributed by atoms with van der Waals surface area (Å²) < 4.78 is 31.8. The summed E-state index contributed by atoms with van der Waals surface area (Å²) in [6, 6.07) is 15.0. The summed E-state index contributed by atoms with van der Waals surface area (Å²) in [6.45, 7) is 5.14. The van der Waals surface area contributed by atoms with Crippen molar-refractivity contribution in [3.8, 4) is 5.75 Å². The molecule has 0 radical (unpaired) electrons. The van der Waals surface area contributed by atoms with E-state index in [9.17, 15) is 8.78 Å². The number of alkyl halides is 2. The minimum absolute atomic E-state index is 0.121. The largest absolute Gasteiger partial charge is 0.496 e. The zero-order valence-electron chi connectivity index (χ0n) is 18.0. The van der Waals surface area contributed by atoms with Crippen molar-refractivity contribution in [2.75, 3.05) is 33.3 Å². The average molecular weight is 426 g/mol. The Labute approximate surface area is 181 Å². The fraction of sp³-hybridized carbons (Fsp3) is 0.440. The summed E-state index contributed by atoms with van der Waals surface area (Å²) in [4.78, 5) is 7.84. The topological polar surface area (TPSA) is 31.5 Å². The molecule has 4 nitrogen and oxygen atoms in total. The Morgan fingerprint density at radius 1 is 1.13 bits per heavy atom. The summed E-state index contributed by atoms with van der Waals surface area (Å²) in [5.74, 6) is 1.68. The summed E-state index contributed by atoms with van der Waals surface area (Å²) >= 11 is 0. The van der Waals surface area contributed by atoms with E-state index < -0.39 is 6.43 Å². The Hall–Kier alpha value is -2.44. The number of hydrogen-bond acceptors (Lipinski definition) is 3. The van der Waals surface area contributed by atoms with Gasteiger partial charge in [-0.25, -0.2) is 8.78 Å². The lowest BCUT2D eigenvalue weighted by atomic mass is 9.89. The fourth-order valence-corrected chi connectivity index (χ4v) is 5.82. The van der Waals surface area contributed by atoms with Crippen LogP contribution in [0.5, 0.6) is 5.75 Å².